The molecule has 6 nitrogen and oxygen atoms in total. The largest absolute Gasteiger partial charge is 0.552 e. The van der Waals surface area contributed by atoms with E-state index in [9.17, 15) is 43.2 Å². The summed E-state index contributed by atoms with van der Waals surface area (Å²) in [5.74, 6) is 0. The van der Waals surface area contributed by atoms with Crippen LogP contribution in [0.25, 0.3) is 0 Å². The lowest BCUT2D eigenvalue weighted by Crippen LogP contribution is -2.61. The first-order valence-corrected chi connectivity index (χ1v) is 8.22. The van der Waals surface area contributed by atoms with Gasteiger partial charge < -0.3 is 0 Å². The van der Waals surface area contributed by atoms with E-state index in [-0.39, 0.29) is 19.3 Å². The molecule has 0 N–H and O–H groups in total. The predicted octanol–water partition coefficient (Wildman–Crippen LogP) is 1.62. The molecule has 14 heteroatoms. The summed E-state index contributed by atoms with van der Waals surface area (Å²) in [6, 6.07) is 0. The summed E-state index contributed by atoms with van der Waals surface area (Å²) in [7, 11) is -12.8. The maximum absolute atomic E-state index is 12.6. The summed E-state index contributed by atoms with van der Waals surface area (Å²) >= 11 is 0. The quantitative estimate of drug-likeness (QED) is 0.431. The third-order valence-corrected chi connectivity index (χ3v) is 5.79. The van der Waals surface area contributed by atoms with Crippen LogP contribution in [0.1, 0.15) is 19.3 Å². The highest BCUT2D eigenvalue weighted by Gasteiger charge is 2.67. The van der Waals surface area contributed by atoms with Crippen LogP contribution >= 0.6 is 0 Å². The summed E-state index contributed by atoms with van der Waals surface area (Å²) in [6.45, 7) is -2.09. The van der Waals surface area contributed by atoms with Crippen LogP contribution in [0, 0.1) is 0 Å². The lowest BCUT2D eigenvalue weighted by Gasteiger charge is -2.35. The van der Waals surface area contributed by atoms with Crippen LogP contribution in [0.5, 0.6) is 0 Å². The smallest absolute Gasteiger partial charge is 0.185 e. The summed E-state index contributed by atoms with van der Waals surface area (Å²) < 4.78 is 120. The molecule has 0 unspecified atom stereocenters. The lowest BCUT2D eigenvalue weighted by molar-refractivity contribution is -0.982. The average Bonchev–Trinajstić information content (AvgIpc) is 2.26. The second-order valence-electron chi connectivity index (χ2n) is 4.22. The summed E-state index contributed by atoms with van der Waals surface area (Å²) in [5, 5.41) is 0. The minimum atomic E-state index is -6.51. The normalized spacial score (nSPS) is 21.2. The first-order valence-electron chi connectivity index (χ1n) is 5.37. The SMILES string of the molecule is O=S(=O)(O[N+]1(S(=O)(=O)C(F)(F)F)CCCCC1)C(F)(F)F. The fourth-order valence-electron chi connectivity index (χ4n) is 1.76. The number of hydrogen-bond donors (Lipinski definition) is 0. The van der Waals surface area contributed by atoms with Gasteiger partial charge in [0, 0.05) is 12.8 Å². The Morgan fingerprint density at radius 1 is 0.762 bits per heavy atom. The Morgan fingerprint density at radius 3 is 1.52 bits per heavy atom. The van der Waals surface area contributed by atoms with Crippen molar-refractivity contribution in [2.75, 3.05) is 13.1 Å². The van der Waals surface area contributed by atoms with Gasteiger partial charge in [-0.1, -0.05) is 4.05 Å². The van der Waals surface area contributed by atoms with E-state index >= 15 is 0 Å². The van der Waals surface area contributed by atoms with Crippen molar-refractivity contribution in [3.8, 4) is 0 Å². The topological polar surface area (TPSA) is 77.5 Å². The van der Waals surface area contributed by atoms with Gasteiger partial charge >= 0.3 is 31.2 Å². The van der Waals surface area contributed by atoms with Crippen LogP contribution in [0.2, 0.25) is 0 Å². The Hall–Kier alpha value is -0.600. The van der Waals surface area contributed by atoms with Gasteiger partial charge in [0.25, 0.3) is 0 Å². The molecule has 0 spiro atoms. The molecule has 0 amide bonds. The van der Waals surface area contributed by atoms with Crippen LogP contribution in [-0.4, -0.2) is 45.0 Å². The van der Waals surface area contributed by atoms with Gasteiger partial charge in [0.1, 0.15) is 13.1 Å². The monoisotopic (exact) mass is 366 g/mol. The molecule has 0 radical (unpaired) electrons. The molecule has 0 aromatic heterocycles. The number of piperidine rings is 1. The molecule has 0 atom stereocenters. The number of hydroxylamine groups is 2. The highest BCUT2D eigenvalue weighted by Crippen LogP contribution is 2.39. The Labute approximate surface area is 116 Å². The number of hydrogen-bond acceptors (Lipinski definition) is 5. The van der Waals surface area contributed by atoms with Crippen molar-refractivity contribution in [1.29, 1.82) is 0 Å². The molecule has 0 aromatic carbocycles. The molecular weight excluding hydrogens is 356 g/mol. The van der Waals surface area contributed by atoms with Crippen molar-refractivity contribution in [2.45, 2.75) is 30.3 Å². The molecule has 1 heterocycles. The van der Waals surface area contributed by atoms with Gasteiger partial charge in [0.15, 0.2) is 0 Å². The molecule has 1 saturated heterocycles. The fourth-order valence-corrected chi connectivity index (χ4v) is 4.03. The van der Waals surface area contributed by atoms with E-state index in [2.05, 4.69) is 4.28 Å². The number of sulfonamides is 1. The Morgan fingerprint density at radius 2 is 1.19 bits per heavy atom. The highest BCUT2D eigenvalue weighted by molar-refractivity contribution is 7.89. The van der Waals surface area contributed by atoms with Crippen LogP contribution in [0.3, 0.4) is 0 Å². The van der Waals surface area contributed by atoms with E-state index in [1.807, 2.05) is 0 Å². The van der Waals surface area contributed by atoms with E-state index < -0.39 is 48.3 Å². The first-order chi connectivity index (χ1) is 9.16. The number of alkyl halides is 6. The van der Waals surface area contributed by atoms with Gasteiger partial charge in [-0.3, -0.25) is 0 Å². The maximum atomic E-state index is 12.6. The lowest BCUT2D eigenvalue weighted by atomic mass is 10.2. The summed E-state index contributed by atoms with van der Waals surface area (Å²) in [4.78, 5) is 0. The van der Waals surface area contributed by atoms with Crippen LogP contribution in [-0.2, 0) is 24.4 Å². The van der Waals surface area contributed by atoms with Crippen molar-refractivity contribution in [1.82, 2.24) is 0 Å². The third kappa shape index (κ3) is 3.27. The van der Waals surface area contributed by atoms with E-state index in [4.69, 9.17) is 0 Å². The van der Waals surface area contributed by atoms with Crippen LogP contribution < -0.4 is 0 Å². The molecule has 21 heavy (non-hydrogen) atoms. The molecule has 0 aromatic rings. The van der Waals surface area contributed by atoms with Gasteiger partial charge in [-0.25, -0.2) is 0 Å². The van der Waals surface area contributed by atoms with Crippen molar-refractivity contribution >= 4 is 20.1 Å². The number of halogens is 6. The summed E-state index contributed by atoms with van der Waals surface area (Å²) in [6.07, 6.45) is -0.228. The van der Waals surface area contributed by atoms with Gasteiger partial charge in [-0.2, -0.15) is 43.2 Å². The molecule has 1 fully saturated rings. The van der Waals surface area contributed by atoms with E-state index in [1.54, 1.807) is 0 Å². The summed E-state index contributed by atoms with van der Waals surface area (Å²) in [5.41, 5.74) is -12.0. The minimum absolute atomic E-state index is 0.233. The molecule has 1 rings (SSSR count). The number of nitrogens with zero attached hydrogens (tertiary/aromatic N) is 1. The molecule has 1 aliphatic rings. The predicted molar refractivity (Wildman–Crippen MR) is 54.9 cm³/mol. The van der Waals surface area contributed by atoms with E-state index in [0.29, 0.717) is 0 Å². The van der Waals surface area contributed by atoms with E-state index in [0.717, 1.165) is 0 Å². The standard InChI is InChI=1S/C7H10F6NO5S2/c8-6(9,10)20(15,16)14(4-2-1-3-5-14)19-21(17,18)7(11,12)13/h1-5H2/q+1. The molecule has 0 bridgehead atoms. The number of rotatable bonds is 3. The average molecular weight is 366 g/mol. The van der Waals surface area contributed by atoms with Crippen LogP contribution in [0.4, 0.5) is 26.3 Å². The highest BCUT2D eigenvalue weighted by atomic mass is 32.2. The first kappa shape index (κ1) is 18.4. The molecule has 1 aliphatic heterocycles. The van der Waals surface area contributed by atoms with Crippen molar-refractivity contribution in [3.63, 3.8) is 0 Å². The van der Waals surface area contributed by atoms with Gasteiger partial charge in [0.05, 0.1) is 0 Å². The Kier molecular flexibility index (Phi) is 4.60. The van der Waals surface area contributed by atoms with Crippen molar-refractivity contribution < 1.29 is 51.5 Å². The van der Waals surface area contributed by atoms with Gasteiger partial charge in [-0.15, -0.1) is 0 Å². The Bertz CT molecular complexity index is 586. The maximum Gasteiger partial charge on any atom is 0.552 e. The molecule has 0 aliphatic carbocycles. The van der Waals surface area contributed by atoms with Gasteiger partial charge in [-0.05, 0) is 10.7 Å². The van der Waals surface area contributed by atoms with Crippen molar-refractivity contribution in [2.24, 2.45) is 0 Å². The zero-order valence-electron chi connectivity index (χ0n) is 10.1. The van der Waals surface area contributed by atoms with Crippen molar-refractivity contribution in [3.05, 3.63) is 0 Å². The zero-order chi connectivity index (χ0) is 16.7. The minimum Gasteiger partial charge on any atom is -0.185 e. The van der Waals surface area contributed by atoms with Gasteiger partial charge in [0.2, 0.25) is 0 Å². The Balaban J connectivity index is 3.38. The molecular formula is C7H10F6NO5S2+. The molecule has 0 saturated carbocycles. The van der Waals surface area contributed by atoms with Crippen LogP contribution in [0.15, 0.2) is 0 Å². The second-order valence-corrected chi connectivity index (χ2v) is 7.82. The fraction of sp³-hybridized carbons (Fsp3) is 1.00. The molecule has 126 valence electrons. The third-order valence-electron chi connectivity index (χ3n) is 2.75. The zero-order valence-corrected chi connectivity index (χ0v) is 11.7. The number of quaternary nitrogens is 1. The van der Waals surface area contributed by atoms with E-state index in [1.165, 1.54) is 0 Å². The second kappa shape index (κ2) is 5.24.